The Morgan fingerprint density at radius 3 is 2.60 bits per heavy atom. The number of H-pyrrole nitrogens is 1. The zero-order valence-electron chi connectivity index (χ0n) is 16.4. The summed E-state index contributed by atoms with van der Waals surface area (Å²) < 4.78 is 1.07. The summed E-state index contributed by atoms with van der Waals surface area (Å²) in [6.45, 7) is 2.00. The summed E-state index contributed by atoms with van der Waals surface area (Å²) in [4.78, 5) is 17.7. The van der Waals surface area contributed by atoms with Crippen LogP contribution in [0.1, 0.15) is 17.1 Å². The Hall–Kier alpha value is -3.31. The molecule has 0 bridgehead atoms. The number of hydrogen-bond donors (Lipinski definition) is 1. The number of aromatic nitrogens is 4. The molecular formula is C25H19BrN4. The summed E-state index contributed by atoms with van der Waals surface area (Å²) >= 11 is 3.50. The molecule has 0 aliphatic heterocycles. The average molecular weight is 455 g/mol. The molecule has 0 saturated carbocycles. The number of fused-ring (bicyclic) bond motifs is 1. The van der Waals surface area contributed by atoms with Gasteiger partial charge in [0.2, 0.25) is 0 Å². The van der Waals surface area contributed by atoms with Crippen LogP contribution in [0.5, 0.6) is 0 Å². The number of rotatable bonds is 4. The van der Waals surface area contributed by atoms with Crippen LogP contribution in [0.4, 0.5) is 0 Å². The van der Waals surface area contributed by atoms with Crippen molar-refractivity contribution in [2.24, 2.45) is 0 Å². The van der Waals surface area contributed by atoms with E-state index in [0.29, 0.717) is 0 Å². The zero-order chi connectivity index (χ0) is 20.5. The van der Waals surface area contributed by atoms with Crippen LogP contribution in [0.3, 0.4) is 0 Å². The molecule has 0 fully saturated rings. The minimum Gasteiger partial charge on any atom is -0.340 e. The van der Waals surface area contributed by atoms with Crippen LogP contribution in [-0.2, 0) is 6.42 Å². The fraction of sp³-hybridized carbons (Fsp3) is 0.0800. The van der Waals surface area contributed by atoms with Gasteiger partial charge in [0.05, 0.1) is 22.6 Å². The predicted molar refractivity (Wildman–Crippen MR) is 124 cm³/mol. The molecule has 146 valence electrons. The first kappa shape index (κ1) is 18.7. The van der Waals surface area contributed by atoms with E-state index in [-0.39, 0.29) is 0 Å². The molecule has 0 radical (unpaired) electrons. The maximum atomic E-state index is 4.98. The van der Waals surface area contributed by atoms with E-state index >= 15 is 0 Å². The van der Waals surface area contributed by atoms with Gasteiger partial charge in [-0.25, -0.2) is 4.98 Å². The number of nitrogens with zero attached hydrogens (tertiary/aromatic N) is 3. The second-order valence-electron chi connectivity index (χ2n) is 7.29. The summed E-state index contributed by atoms with van der Waals surface area (Å²) in [6.07, 6.45) is 2.54. The molecule has 0 unspecified atom stereocenters. The van der Waals surface area contributed by atoms with Crippen molar-refractivity contribution in [2.75, 3.05) is 0 Å². The van der Waals surface area contributed by atoms with Gasteiger partial charge in [0, 0.05) is 33.7 Å². The smallest absolute Gasteiger partial charge is 0.111 e. The Morgan fingerprint density at radius 2 is 1.77 bits per heavy atom. The summed E-state index contributed by atoms with van der Waals surface area (Å²) in [6, 6.07) is 24.7. The normalized spacial score (nSPS) is 11.1. The molecule has 30 heavy (non-hydrogen) atoms. The third-order valence-electron chi connectivity index (χ3n) is 5.06. The fourth-order valence-corrected chi connectivity index (χ4v) is 3.87. The van der Waals surface area contributed by atoms with Crippen molar-refractivity contribution in [2.45, 2.75) is 13.3 Å². The van der Waals surface area contributed by atoms with Crippen molar-refractivity contribution in [1.82, 2.24) is 19.9 Å². The van der Waals surface area contributed by atoms with Crippen molar-refractivity contribution in [3.63, 3.8) is 0 Å². The quantitative estimate of drug-likeness (QED) is 0.344. The number of imidazole rings is 1. The van der Waals surface area contributed by atoms with Crippen LogP contribution in [0.25, 0.3) is 33.5 Å². The molecule has 0 aliphatic rings. The molecule has 0 aliphatic carbocycles. The molecule has 5 heteroatoms. The van der Waals surface area contributed by atoms with Crippen molar-refractivity contribution in [3.05, 3.63) is 101 Å². The molecule has 3 heterocycles. The molecule has 1 N–H and O–H groups in total. The summed E-state index contributed by atoms with van der Waals surface area (Å²) in [5.74, 6) is 0.914. The van der Waals surface area contributed by atoms with Gasteiger partial charge in [0.25, 0.3) is 0 Å². The molecule has 0 amide bonds. The SMILES string of the molecule is Cc1cccc(-c2[nH]c(Cc3ccc(Br)cc3)nc2-c2ccc3ncccc3c2)n1. The van der Waals surface area contributed by atoms with Gasteiger partial charge in [0.15, 0.2) is 0 Å². The number of aryl methyl sites for hydroxylation is 1. The Kier molecular flexibility index (Phi) is 4.89. The maximum Gasteiger partial charge on any atom is 0.111 e. The third kappa shape index (κ3) is 3.76. The van der Waals surface area contributed by atoms with Gasteiger partial charge in [-0.1, -0.05) is 46.3 Å². The van der Waals surface area contributed by atoms with E-state index in [1.54, 1.807) is 0 Å². The molecule has 4 nitrogen and oxygen atoms in total. The molecule has 5 rings (SSSR count). The molecular weight excluding hydrogens is 436 g/mol. The van der Waals surface area contributed by atoms with Gasteiger partial charge in [-0.3, -0.25) is 9.97 Å². The molecule has 0 atom stereocenters. The van der Waals surface area contributed by atoms with E-state index in [2.05, 4.69) is 68.4 Å². The van der Waals surface area contributed by atoms with Gasteiger partial charge < -0.3 is 4.98 Å². The maximum absolute atomic E-state index is 4.98. The predicted octanol–water partition coefficient (Wildman–Crippen LogP) is 6.35. The minimum absolute atomic E-state index is 0.723. The van der Waals surface area contributed by atoms with E-state index < -0.39 is 0 Å². The second kappa shape index (κ2) is 7.84. The molecule has 2 aromatic carbocycles. The Balaban J connectivity index is 1.63. The van der Waals surface area contributed by atoms with Crippen molar-refractivity contribution in [3.8, 4) is 22.6 Å². The zero-order valence-corrected chi connectivity index (χ0v) is 18.0. The van der Waals surface area contributed by atoms with E-state index in [1.165, 1.54) is 5.56 Å². The van der Waals surface area contributed by atoms with Gasteiger partial charge in [-0.15, -0.1) is 0 Å². The largest absolute Gasteiger partial charge is 0.340 e. The molecule has 3 aromatic heterocycles. The van der Waals surface area contributed by atoms with E-state index in [0.717, 1.165) is 56.0 Å². The summed E-state index contributed by atoms with van der Waals surface area (Å²) in [7, 11) is 0. The lowest BCUT2D eigenvalue weighted by Crippen LogP contribution is -1.91. The van der Waals surface area contributed by atoms with E-state index in [4.69, 9.17) is 9.97 Å². The molecule has 0 spiro atoms. The van der Waals surface area contributed by atoms with Crippen molar-refractivity contribution >= 4 is 26.8 Å². The lowest BCUT2D eigenvalue weighted by molar-refractivity contribution is 1.03. The number of aromatic amines is 1. The average Bonchev–Trinajstić information content (AvgIpc) is 3.19. The highest BCUT2D eigenvalue weighted by atomic mass is 79.9. The molecule has 0 saturated heterocycles. The van der Waals surface area contributed by atoms with Gasteiger partial charge in [-0.2, -0.15) is 0 Å². The number of benzene rings is 2. The summed E-state index contributed by atoms with van der Waals surface area (Å²) in [5, 5.41) is 1.09. The molecule has 5 aromatic rings. The number of nitrogens with one attached hydrogen (secondary N) is 1. The summed E-state index contributed by atoms with van der Waals surface area (Å²) in [5.41, 5.74) is 6.94. The Bertz CT molecular complexity index is 1340. The van der Waals surface area contributed by atoms with Crippen LogP contribution in [0.15, 0.2) is 83.5 Å². The lowest BCUT2D eigenvalue weighted by atomic mass is 10.1. The first-order valence-electron chi connectivity index (χ1n) is 9.78. The van der Waals surface area contributed by atoms with Crippen LogP contribution >= 0.6 is 15.9 Å². The lowest BCUT2D eigenvalue weighted by Gasteiger charge is -2.05. The number of halogens is 1. The third-order valence-corrected chi connectivity index (χ3v) is 5.59. The fourth-order valence-electron chi connectivity index (χ4n) is 3.60. The van der Waals surface area contributed by atoms with Crippen molar-refractivity contribution in [1.29, 1.82) is 0 Å². The highest BCUT2D eigenvalue weighted by molar-refractivity contribution is 9.10. The van der Waals surface area contributed by atoms with Crippen LogP contribution in [-0.4, -0.2) is 19.9 Å². The second-order valence-corrected chi connectivity index (χ2v) is 8.20. The van der Waals surface area contributed by atoms with Crippen molar-refractivity contribution < 1.29 is 0 Å². The highest BCUT2D eigenvalue weighted by Gasteiger charge is 2.16. The Labute approximate surface area is 183 Å². The standard InChI is InChI=1S/C25H19BrN4/c1-16-4-2-6-22(28-16)25-24(19-9-12-21-18(15-19)5-3-13-27-21)29-23(30-25)14-17-7-10-20(26)11-8-17/h2-13,15H,14H2,1H3,(H,29,30). The van der Waals surface area contributed by atoms with Gasteiger partial charge in [-0.05, 0) is 55.0 Å². The van der Waals surface area contributed by atoms with Crippen LogP contribution < -0.4 is 0 Å². The highest BCUT2D eigenvalue weighted by Crippen LogP contribution is 2.31. The van der Waals surface area contributed by atoms with Gasteiger partial charge >= 0.3 is 0 Å². The Morgan fingerprint density at radius 1 is 0.900 bits per heavy atom. The van der Waals surface area contributed by atoms with Gasteiger partial charge in [0.1, 0.15) is 5.82 Å². The van der Waals surface area contributed by atoms with Crippen LogP contribution in [0.2, 0.25) is 0 Å². The van der Waals surface area contributed by atoms with Crippen LogP contribution in [0, 0.1) is 6.92 Å². The minimum atomic E-state index is 0.723. The number of pyridine rings is 2. The first-order chi connectivity index (χ1) is 14.7. The van der Waals surface area contributed by atoms with E-state index in [9.17, 15) is 0 Å². The van der Waals surface area contributed by atoms with E-state index in [1.807, 2.05) is 43.5 Å². The topological polar surface area (TPSA) is 54.5 Å². The monoisotopic (exact) mass is 454 g/mol. The number of hydrogen-bond acceptors (Lipinski definition) is 3. The first-order valence-corrected chi connectivity index (χ1v) is 10.6.